The molecule has 0 atom stereocenters. The minimum atomic E-state index is -0.625. The van der Waals surface area contributed by atoms with Gasteiger partial charge in [-0.2, -0.15) is 9.78 Å². The maximum Gasteiger partial charge on any atom is 0.341 e. The maximum atomic E-state index is 13.8. The fraction of sp³-hybridized carbons (Fsp3) is 0.333. The van der Waals surface area contributed by atoms with Gasteiger partial charge in [-0.15, -0.1) is 0 Å². The molecule has 1 aliphatic rings. The van der Waals surface area contributed by atoms with Gasteiger partial charge >= 0.3 is 6.03 Å². The zero-order valence-corrected chi connectivity index (χ0v) is 11.6. The molecule has 0 saturated heterocycles. The molecule has 3 rings (SSSR count). The summed E-state index contributed by atoms with van der Waals surface area (Å²) >= 11 is 0. The molecule has 2 aromatic rings. The molecule has 0 unspecified atom stereocenters. The minimum absolute atomic E-state index is 0.263. The summed E-state index contributed by atoms with van der Waals surface area (Å²) in [6, 6.07) is 5.98. The van der Waals surface area contributed by atoms with Crippen molar-refractivity contribution in [3.63, 3.8) is 0 Å². The van der Waals surface area contributed by atoms with Crippen molar-refractivity contribution in [1.29, 1.82) is 0 Å². The smallest absolute Gasteiger partial charge is 0.341 e. The number of aromatic nitrogens is 2. The van der Waals surface area contributed by atoms with Crippen molar-refractivity contribution in [2.75, 3.05) is 11.9 Å². The molecule has 1 aromatic carbocycles. The van der Waals surface area contributed by atoms with E-state index in [1.165, 1.54) is 10.7 Å². The number of nitrogens with one attached hydrogen (secondary N) is 1. The molecule has 1 aromatic heterocycles. The Hall–Kier alpha value is -2.37. The number of benzene rings is 1. The molecule has 0 radical (unpaired) electrons. The number of nitrogens with two attached hydrogens (primary N) is 1. The summed E-state index contributed by atoms with van der Waals surface area (Å²) in [4.78, 5) is 11.5. The third kappa shape index (κ3) is 2.61. The van der Waals surface area contributed by atoms with E-state index in [1.807, 2.05) is 0 Å². The molecule has 0 aliphatic carbocycles. The van der Waals surface area contributed by atoms with Gasteiger partial charge in [0.05, 0.1) is 5.69 Å². The first-order valence-electron chi connectivity index (χ1n) is 7.04. The predicted molar refractivity (Wildman–Crippen MR) is 77.8 cm³/mol. The van der Waals surface area contributed by atoms with Gasteiger partial charge in [-0.1, -0.05) is 18.2 Å². The van der Waals surface area contributed by atoms with Crippen LogP contribution in [0.1, 0.15) is 29.7 Å². The Morgan fingerprint density at radius 2 is 2.19 bits per heavy atom. The van der Waals surface area contributed by atoms with Gasteiger partial charge in [0.25, 0.3) is 0 Å². The monoisotopic (exact) mass is 288 g/mol. The Labute approximate surface area is 121 Å². The molecule has 0 bridgehead atoms. The summed E-state index contributed by atoms with van der Waals surface area (Å²) in [5.41, 5.74) is 7.62. The molecule has 5 nitrogen and oxygen atoms in total. The van der Waals surface area contributed by atoms with Crippen LogP contribution in [-0.4, -0.2) is 22.4 Å². The lowest BCUT2D eigenvalue weighted by Gasteiger charge is -2.05. The standard InChI is InChI=1S/C15H17FN4O/c16-12-7-2-1-5-10(12)9-13-11-6-3-4-8-18-14(11)20(19-13)15(17)21/h1-2,5,7,18H,3-4,6,8-9H2,(H2,17,21). The summed E-state index contributed by atoms with van der Waals surface area (Å²) in [5, 5.41) is 7.48. The van der Waals surface area contributed by atoms with Crippen LogP contribution in [-0.2, 0) is 12.8 Å². The van der Waals surface area contributed by atoms with Gasteiger partial charge < -0.3 is 11.1 Å². The molecule has 0 saturated carbocycles. The number of halogens is 1. The average Bonchev–Trinajstić information content (AvgIpc) is 2.65. The highest BCUT2D eigenvalue weighted by Crippen LogP contribution is 2.27. The number of rotatable bonds is 2. The van der Waals surface area contributed by atoms with Crippen molar-refractivity contribution in [1.82, 2.24) is 9.78 Å². The Morgan fingerprint density at radius 1 is 1.38 bits per heavy atom. The van der Waals surface area contributed by atoms with E-state index in [-0.39, 0.29) is 5.82 Å². The van der Waals surface area contributed by atoms with E-state index in [1.54, 1.807) is 18.2 Å². The number of hydrogen-bond donors (Lipinski definition) is 2. The fourth-order valence-electron chi connectivity index (χ4n) is 2.70. The zero-order valence-electron chi connectivity index (χ0n) is 11.6. The molecule has 1 amide bonds. The van der Waals surface area contributed by atoms with Crippen molar-refractivity contribution < 1.29 is 9.18 Å². The van der Waals surface area contributed by atoms with Gasteiger partial charge in [0.15, 0.2) is 0 Å². The van der Waals surface area contributed by atoms with Crippen LogP contribution in [0.25, 0.3) is 0 Å². The Bertz CT molecular complexity index is 680. The van der Waals surface area contributed by atoms with E-state index >= 15 is 0 Å². The molecular formula is C15H17FN4O. The fourth-order valence-corrected chi connectivity index (χ4v) is 2.70. The van der Waals surface area contributed by atoms with Gasteiger partial charge in [0.2, 0.25) is 0 Å². The van der Waals surface area contributed by atoms with E-state index in [0.29, 0.717) is 23.5 Å². The minimum Gasteiger partial charge on any atom is -0.370 e. The Morgan fingerprint density at radius 3 is 2.95 bits per heavy atom. The third-order valence-electron chi connectivity index (χ3n) is 3.74. The summed E-state index contributed by atoms with van der Waals surface area (Å²) in [7, 11) is 0. The summed E-state index contributed by atoms with van der Waals surface area (Å²) < 4.78 is 15.0. The quantitative estimate of drug-likeness (QED) is 0.890. The second-order valence-corrected chi connectivity index (χ2v) is 5.18. The van der Waals surface area contributed by atoms with E-state index < -0.39 is 6.03 Å². The molecule has 1 aliphatic heterocycles. The normalized spacial score (nSPS) is 14.1. The molecule has 2 heterocycles. The van der Waals surface area contributed by atoms with Gasteiger partial charge in [-0.3, -0.25) is 0 Å². The van der Waals surface area contributed by atoms with Crippen LogP contribution >= 0.6 is 0 Å². The number of carbonyl (C=O) groups is 1. The van der Waals surface area contributed by atoms with E-state index in [4.69, 9.17) is 5.73 Å². The van der Waals surface area contributed by atoms with Crippen LogP contribution in [0.2, 0.25) is 0 Å². The molecule has 3 N–H and O–H groups in total. The third-order valence-corrected chi connectivity index (χ3v) is 3.74. The van der Waals surface area contributed by atoms with Crippen LogP contribution in [0, 0.1) is 5.82 Å². The first-order valence-corrected chi connectivity index (χ1v) is 7.04. The van der Waals surface area contributed by atoms with Gasteiger partial charge in [0, 0.05) is 18.5 Å². The van der Waals surface area contributed by atoms with Gasteiger partial charge in [-0.05, 0) is 30.9 Å². The lowest BCUT2D eigenvalue weighted by molar-refractivity contribution is 0.248. The lowest BCUT2D eigenvalue weighted by atomic mass is 10.0. The number of hydrogen-bond acceptors (Lipinski definition) is 3. The summed E-state index contributed by atoms with van der Waals surface area (Å²) in [5.74, 6) is 0.396. The Kier molecular flexibility index (Phi) is 3.60. The molecule has 21 heavy (non-hydrogen) atoms. The first-order chi connectivity index (χ1) is 10.2. The zero-order chi connectivity index (χ0) is 14.8. The van der Waals surface area contributed by atoms with Crippen molar-refractivity contribution in [3.8, 4) is 0 Å². The van der Waals surface area contributed by atoms with Crippen LogP contribution in [0.3, 0.4) is 0 Å². The van der Waals surface area contributed by atoms with Gasteiger partial charge in [0.1, 0.15) is 11.6 Å². The van der Waals surface area contributed by atoms with Crippen molar-refractivity contribution in [2.24, 2.45) is 5.73 Å². The lowest BCUT2D eigenvalue weighted by Crippen LogP contribution is -2.23. The van der Waals surface area contributed by atoms with E-state index in [0.717, 1.165) is 31.4 Å². The molecule has 0 spiro atoms. The highest BCUT2D eigenvalue weighted by Gasteiger charge is 2.22. The van der Waals surface area contributed by atoms with Crippen LogP contribution in [0.5, 0.6) is 0 Å². The maximum absolute atomic E-state index is 13.8. The molecular weight excluding hydrogens is 271 g/mol. The number of fused-ring (bicyclic) bond motifs is 1. The van der Waals surface area contributed by atoms with E-state index in [9.17, 15) is 9.18 Å². The number of amides is 1. The molecule has 0 fully saturated rings. The van der Waals surface area contributed by atoms with Crippen molar-refractivity contribution >= 4 is 11.8 Å². The number of carbonyl (C=O) groups excluding carboxylic acids is 1. The van der Waals surface area contributed by atoms with Crippen molar-refractivity contribution in [3.05, 3.63) is 46.9 Å². The molecule has 6 heteroatoms. The van der Waals surface area contributed by atoms with E-state index in [2.05, 4.69) is 10.4 Å². The Balaban J connectivity index is 2.02. The second-order valence-electron chi connectivity index (χ2n) is 5.18. The number of anilines is 1. The average molecular weight is 288 g/mol. The highest BCUT2D eigenvalue weighted by atomic mass is 19.1. The number of primary amides is 1. The SMILES string of the molecule is NC(=O)n1nc(Cc2ccccc2F)c2c1NCCCC2. The number of nitrogens with zero attached hydrogens (tertiary/aromatic N) is 2. The van der Waals surface area contributed by atoms with Crippen molar-refractivity contribution in [2.45, 2.75) is 25.7 Å². The van der Waals surface area contributed by atoms with Gasteiger partial charge in [-0.25, -0.2) is 9.18 Å². The summed E-state index contributed by atoms with van der Waals surface area (Å²) in [6.45, 7) is 0.783. The van der Waals surface area contributed by atoms with Crippen LogP contribution in [0.15, 0.2) is 24.3 Å². The van der Waals surface area contributed by atoms with Crippen LogP contribution < -0.4 is 11.1 Å². The molecule has 110 valence electrons. The predicted octanol–water partition coefficient (Wildman–Crippen LogP) is 2.29. The largest absolute Gasteiger partial charge is 0.370 e. The topological polar surface area (TPSA) is 72.9 Å². The summed E-state index contributed by atoms with van der Waals surface area (Å²) in [6.07, 6.45) is 3.21. The highest BCUT2D eigenvalue weighted by molar-refractivity contribution is 5.79. The van der Waals surface area contributed by atoms with Crippen LogP contribution in [0.4, 0.5) is 15.0 Å². The second kappa shape index (κ2) is 5.55. The first kappa shape index (κ1) is 13.6.